The average molecular weight is 357 g/mol. The van der Waals surface area contributed by atoms with Crippen molar-refractivity contribution in [2.75, 3.05) is 18.4 Å². The van der Waals surface area contributed by atoms with Crippen molar-refractivity contribution >= 4 is 17.5 Å². The highest BCUT2D eigenvalue weighted by atomic mass is 16.2. The topological polar surface area (TPSA) is 49.4 Å². The molecule has 0 unspecified atom stereocenters. The van der Waals surface area contributed by atoms with Gasteiger partial charge in [0.1, 0.15) is 0 Å². The summed E-state index contributed by atoms with van der Waals surface area (Å²) in [5.74, 6) is 0.973. The Labute approximate surface area is 157 Å². The molecule has 1 aromatic carbocycles. The summed E-state index contributed by atoms with van der Waals surface area (Å²) in [5.41, 5.74) is 2.11. The van der Waals surface area contributed by atoms with Crippen LogP contribution in [0.4, 0.5) is 5.69 Å². The standard InChI is InChI=1S/C22H32N2O2/c1-16(2)19-8-4-5-9-20(19)23-21(25)17-10-12-18(13-11-17)22(26)24-14-6-3-7-15-24/h4-5,8-9,16-18H,3,6-7,10-15H2,1-2H3,(H,23,25). The minimum absolute atomic E-state index is 0.0284. The number of nitrogens with zero attached hydrogens (tertiary/aromatic N) is 1. The smallest absolute Gasteiger partial charge is 0.227 e. The molecule has 1 aliphatic heterocycles. The second-order valence-corrected chi connectivity index (χ2v) is 8.17. The van der Waals surface area contributed by atoms with Gasteiger partial charge in [-0.3, -0.25) is 9.59 Å². The number of rotatable bonds is 4. The third-order valence-corrected chi connectivity index (χ3v) is 5.96. The highest BCUT2D eigenvalue weighted by Crippen LogP contribution is 2.32. The zero-order valence-electron chi connectivity index (χ0n) is 16.2. The molecular formula is C22H32N2O2. The van der Waals surface area contributed by atoms with E-state index in [4.69, 9.17) is 0 Å². The highest BCUT2D eigenvalue weighted by molar-refractivity contribution is 5.93. The Morgan fingerprint density at radius 3 is 2.23 bits per heavy atom. The molecule has 3 rings (SSSR count). The summed E-state index contributed by atoms with van der Waals surface area (Å²) in [6.45, 7) is 6.13. The fourth-order valence-corrected chi connectivity index (χ4v) is 4.32. The van der Waals surface area contributed by atoms with Gasteiger partial charge >= 0.3 is 0 Å². The van der Waals surface area contributed by atoms with Crippen LogP contribution < -0.4 is 5.32 Å². The van der Waals surface area contributed by atoms with Crippen LogP contribution in [0.2, 0.25) is 0 Å². The Hall–Kier alpha value is -1.84. The van der Waals surface area contributed by atoms with E-state index >= 15 is 0 Å². The van der Waals surface area contributed by atoms with Crippen LogP contribution in [0.25, 0.3) is 0 Å². The number of hydrogen-bond donors (Lipinski definition) is 1. The van der Waals surface area contributed by atoms with Gasteiger partial charge in [-0.15, -0.1) is 0 Å². The zero-order valence-corrected chi connectivity index (χ0v) is 16.2. The van der Waals surface area contributed by atoms with E-state index in [1.54, 1.807) is 0 Å². The van der Waals surface area contributed by atoms with Gasteiger partial charge < -0.3 is 10.2 Å². The third-order valence-electron chi connectivity index (χ3n) is 5.96. The summed E-state index contributed by atoms with van der Waals surface area (Å²) in [4.78, 5) is 27.4. The Balaban J connectivity index is 1.53. The fraction of sp³-hybridized carbons (Fsp3) is 0.636. The molecule has 0 spiro atoms. The van der Waals surface area contributed by atoms with Gasteiger partial charge in [-0.25, -0.2) is 0 Å². The van der Waals surface area contributed by atoms with Crippen LogP contribution in [-0.4, -0.2) is 29.8 Å². The lowest BCUT2D eigenvalue weighted by molar-refractivity contribution is -0.138. The Morgan fingerprint density at radius 2 is 1.58 bits per heavy atom. The molecule has 26 heavy (non-hydrogen) atoms. The lowest BCUT2D eigenvalue weighted by atomic mass is 9.80. The van der Waals surface area contributed by atoms with Crippen LogP contribution in [0, 0.1) is 11.8 Å². The van der Waals surface area contributed by atoms with Gasteiger partial charge in [-0.05, 0) is 62.5 Å². The third kappa shape index (κ3) is 4.46. The summed E-state index contributed by atoms with van der Waals surface area (Å²) < 4.78 is 0. The molecular weight excluding hydrogens is 324 g/mol. The summed E-state index contributed by atoms with van der Waals surface area (Å²) in [7, 11) is 0. The number of piperidine rings is 1. The van der Waals surface area contributed by atoms with Gasteiger partial charge in [0.25, 0.3) is 0 Å². The van der Waals surface area contributed by atoms with Gasteiger partial charge in [-0.2, -0.15) is 0 Å². The number of carbonyl (C=O) groups is 2. The summed E-state index contributed by atoms with van der Waals surface area (Å²) in [6, 6.07) is 8.05. The highest BCUT2D eigenvalue weighted by Gasteiger charge is 2.32. The van der Waals surface area contributed by atoms with Crippen LogP contribution >= 0.6 is 0 Å². The molecule has 1 heterocycles. The molecule has 1 saturated carbocycles. The van der Waals surface area contributed by atoms with Gasteiger partial charge in [0.05, 0.1) is 0 Å². The molecule has 1 aromatic rings. The van der Waals surface area contributed by atoms with E-state index in [1.807, 2.05) is 23.1 Å². The summed E-state index contributed by atoms with van der Waals surface area (Å²) in [6.07, 6.45) is 6.85. The van der Waals surface area contributed by atoms with E-state index in [9.17, 15) is 9.59 Å². The molecule has 0 bridgehead atoms. The number of para-hydroxylation sites is 1. The second-order valence-electron chi connectivity index (χ2n) is 8.17. The van der Waals surface area contributed by atoms with Crippen molar-refractivity contribution in [2.45, 2.75) is 64.7 Å². The van der Waals surface area contributed by atoms with Crippen molar-refractivity contribution in [3.8, 4) is 0 Å². The van der Waals surface area contributed by atoms with Gasteiger partial charge in [0, 0.05) is 30.6 Å². The molecule has 4 heteroatoms. The molecule has 0 atom stereocenters. The van der Waals surface area contributed by atoms with Crippen LogP contribution in [0.3, 0.4) is 0 Å². The minimum Gasteiger partial charge on any atom is -0.342 e. The number of likely N-dealkylation sites (tertiary alicyclic amines) is 1. The van der Waals surface area contributed by atoms with Crippen LogP contribution in [-0.2, 0) is 9.59 Å². The molecule has 1 N–H and O–H groups in total. The molecule has 2 amide bonds. The zero-order chi connectivity index (χ0) is 18.5. The van der Waals surface area contributed by atoms with E-state index in [0.29, 0.717) is 11.8 Å². The quantitative estimate of drug-likeness (QED) is 0.859. The SMILES string of the molecule is CC(C)c1ccccc1NC(=O)C1CCC(C(=O)N2CCCCC2)CC1. The summed E-state index contributed by atoms with van der Waals surface area (Å²) >= 11 is 0. The van der Waals surface area contributed by atoms with Crippen molar-refractivity contribution in [2.24, 2.45) is 11.8 Å². The van der Waals surface area contributed by atoms with E-state index in [1.165, 1.54) is 12.0 Å². The maximum atomic E-state index is 12.7. The Kier molecular flexibility index (Phi) is 6.33. The van der Waals surface area contributed by atoms with Crippen molar-refractivity contribution in [1.29, 1.82) is 0 Å². The Morgan fingerprint density at radius 1 is 0.962 bits per heavy atom. The van der Waals surface area contributed by atoms with Crippen LogP contribution in [0.1, 0.15) is 70.3 Å². The second kappa shape index (κ2) is 8.70. The molecule has 0 aromatic heterocycles. The lowest BCUT2D eigenvalue weighted by Crippen LogP contribution is -2.41. The molecule has 4 nitrogen and oxygen atoms in total. The van der Waals surface area contributed by atoms with Crippen molar-refractivity contribution in [1.82, 2.24) is 4.90 Å². The van der Waals surface area contributed by atoms with Gasteiger partial charge in [-0.1, -0.05) is 32.0 Å². The van der Waals surface area contributed by atoms with Gasteiger partial charge in [0.2, 0.25) is 11.8 Å². The monoisotopic (exact) mass is 356 g/mol. The van der Waals surface area contributed by atoms with Gasteiger partial charge in [0.15, 0.2) is 0 Å². The number of anilines is 1. The molecule has 2 aliphatic rings. The van der Waals surface area contributed by atoms with Crippen molar-refractivity contribution < 1.29 is 9.59 Å². The average Bonchev–Trinajstić information content (AvgIpc) is 2.68. The Bertz CT molecular complexity index is 627. The molecule has 1 aliphatic carbocycles. The lowest BCUT2D eigenvalue weighted by Gasteiger charge is -2.33. The first kappa shape index (κ1) is 18.9. The maximum absolute atomic E-state index is 12.7. The first-order valence-corrected chi connectivity index (χ1v) is 10.2. The van der Waals surface area contributed by atoms with Crippen molar-refractivity contribution in [3.05, 3.63) is 29.8 Å². The number of nitrogens with one attached hydrogen (secondary N) is 1. The summed E-state index contributed by atoms with van der Waals surface area (Å²) in [5, 5.41) is 3.13. The molecule has 2 fully saturated rings. The number of hydrogen-bond acceptors (Lipinski definition) is 2. The minimum atomic E-state index is 0.0284. The van der Waals surface area contributed by atoms with E-state index in [-0.39, 0.29) is 17.7 Å². The molecule has 142 valence electrons. The van der Waals surface area contributed by atoms with E-state index in [2.05, 4.69) is 25.2 Å². The van der Waals surface area contributed by atoms with E-state index < -0.39 is 0 Å². The van der Waals surface area contributed by atoms with E-state index in [0.717, 1.165) is 57.3 Å². The first-order chi connectivity index (χ1) is 12.6. The first-order valence-electron chi connectivity index (χ1n) is 10.2. The fourth-order valence-electron chi connectivity index (χ4n) is 4.32. The van der Waals surface area contributed by atoms with Crippen LogP contribution in [0.5, 0.6) is 0 Å². The number of carbonyl (C=O) groups excluding carboxylic acids is 2. The normalized spacial score (nSPS) is 23.7. The number of amides is 2. The maximum Gasteiger partial charge on any atom is 0.227 e. The van der Waals surface area contributed by atoms with Crippen LogP contribution in [0.15, 0.2) is 24.3 Å². The molecule has 0 radical (unpaired) electrons. The largest absolute Gasteiger partial charge is 0.342 e. The molecule has 1 saturated heterocycles. The predicted molar refractivity (Wildman–Crippen MR) is 105 cm³/mol. The van der Waals surface area contributed by atoms with Crippen molar-refractivity contribution in [3.63, 3.8) is 0 Å². The number of benzene rings is 1. The predicted octanol–water partition coefficient (Wildman–Crippen LogP) is 4.57.